The highest BCUT2D eigenvalue weighted by Crippen LogP contribution is 2.30. The van der Waals surface area contributed by atoms with Crippen molar-refractivity contribution in [1.29, 1.82) is 0 Å². The number of likely N-dealkylation sites (tertiary alicyclic amines) is 1. The summed E-state index contributed by atoms with van der Waals surface area (Å²) in [6.07, 6.45) is -4.44. The second-order valence-corrected chi connectivity index (χ2v) is 8.40. The van der Waals surface area contributed by atoms with Gasteiger partial charge in [-0.25, -0.2) is 0 Å². The fourth-order valence-electron chi connectivity index (χ4n) is 4.03. The van der Waals surface area contributed by atoms with E-state index in [0.717, 1.165) is 17.7 Å². The molecule has 0 spiro atoms. The zero-order valence-electron chi connectivity index (χ0n) is 18.6. The number of amides is 2. The molecule has 1 aliphatic heterocycles. The van der Waals surface area contributed by atoms with Crippen molar-refractivity contribution in [2.24, 2.45) is 0 Å². The molecule has 0 aromatic heterocycles. The summed E-state index contributed by atoms with van der Waals surface area (Å²) in [5.74, 6) is -0.552. The molecule has 2 aromatic rings. The third-order valence-electron chi connectivity index (χ3n) is 5.74. The Balaban J connectivity index is 1.83. The lowest BCUT2D eigenvalue weighted by molar-refractivity contribution is -0.138. The zero-order valence-corrected chi connectivity index (χ0v) is 18.6. The van der Waals surface area contributed by atoms with E-state index in [4.69, 9.17) is 0 Å². The molecule has 6 nitrogen and oxygen atoms in total. The molecule has 33 heavy (non-hydrogen) atoms. The van der Waals surface area contributed by atoms with Gasteiger partial charge in [0.1, 0.15) is 0 Å². The zero-order chi connectivity index (χ0) is 24.2. The average Bonchev–Trinajstić information content (AvgIpc) is 3.15. The highest BCUT2D eigenvalue weighted by atomic mass is 19.4. The largest absolute Gasteiger partial charge is 0.416 e. The highest BCUT2D eigenvalue weighted by Gasteiger charge is 2.31. The van der Waals surface area contributed by atoms with Gasteiger partial charge in [0.05, 0.1) is 24.1 Å². The van der Waals surface area contributed by atoms with Crippen LogP contribution in [-0.4, -0.2) is 59.5 Å². The van der Waals surface area contributed by atoms with Crippen LogP contribution < -0.4 is 5.32 Å². The molecular weight excluding hydrogens is 435 g/mol. The number of nitrogens with zero attached hydrogens (tertiary/aromatic N) is 2. The van der Waals surface area contributed by atoms with Crippen molar-refractivity contribution < 1.29 is 27.9 Å². The van der Waals surface area contributed by atoms with Gasteiger partial charge < -0.3 is 15.3 Å². The van der Waals surface area contributed by atoms with Crippen LogP contribution in [0.3, 0.4) is 0 Å². The number of hydrogen-bond donors (Lipinski definition) is 2. The number of halogens is 3. The monoisotopic (exact) mass is 463 g/mol. The van der Waals surface area contributed by atoms with Gasteiger partial charge in [-0.1, -0.05) is 30.3 Å². The van der Waals surface area contributed by atoms with Crippen molar-refractivity contribution in [1.82, 2.24) is 9.80 Å². The Morgan fingerprint density at radius 1 is 1.21 bits per heavy atom. The van der Waals surface area contributed by atoms with Crippen LogP contribution in [0.5, 0.6) is 0 Å². The van der Waals surface area contributed by atoms with E-state index in [-0.39, 0.29) is 23.8 Å². The normalized spacial score (nSPS) is 17.6. The number of carbonyl (C=O) groups is 2. The lowest BCUT2D eigenvalue weighted by Crippen LogP contribution is -2.39. The lowest BCUT2D eigenvalue weighted by Gasteiger charge is -2.32. The van der Waals surface area contributed by atoms with E-state index in [0.29, 0.717) is 31.7 Å². The van der Waals surface area contributed by atoms with E-state index in [2.05, 4.69) is 10.2 Å². The maximum absolute atomic E-state index is 13.1. The second kappa shape index (κ2) is 10.4. The molecule has 2 atom stereocenters. The van der Waals surface area contributed by atoms with Crippen molar-refractivity contribution >= 4 is 17.5 Å². The molecule has 1 saturated heterocycles. The van der Waals surface area contributed by atoms with Crippen LogP contribution in [0.2, 0.25) is 0 Å². The van der Waals surface area contributed by atoms with Gasteiger partial charge in [0.2, 0.25) is 11.8 Å². The fourth-order valence-corrected chi connectivity index (χ4v) is 4.03. The topological polar surface area (TPSA) is 72.9 Å². The number of aliphatic hydroxyl groups is 1. The summed E-state index contributed by atoms with van der Waals surface area (Å²) < 4.78 is 39.1. The van der Waals surface area contributed by atoms with Gasteiger partial charge in [-0.2, -0.15) is 13.2 Å². The number of anilines is 1. The quantitative estimate of drug-likeness (QED) is 0.660. The van der Waals surface area contributed by atoms with E-state index >= 15 is 0 Å². The van der Waals surface area contributed by atoms with Crippen molar-refractivity contribution in [3.05, 3.63) is 65.2 Å². The van der Waals surface area contributed by atoms with Crippen LogP contribution in [0.4, 0.5) is 18.9 Å². The molecule has 2 amide bonds. The third-order valence-corrected chi connectivity index (χ3v) is 5.74. The van der Waals surface area contributed by atoms with Crippen molar-refractivity contribution in [2.75, 3.05) is 32.0 Å². The van der Waals surface area contributed by atoms with Gasteiger partial charge in [-0.15, -0.1) is 0 Å². The number of nitrogens with one attached hydrogen (secondary N) is 1. The minimum Gasteiger partial charge on any atom is -0.392 e. The summed E-state index contributed by atoms with van der Waals surface area (Å²) in [7, 11) is 1.62. The van der Waals surface area contributed by atoms with Crippen LogP contribution in [0.25, 0.3) is 0 Å². The number of aliphatic hydroxyl groups excluding tert-OH is 1. The first-order valence-electron chi connectivity index (χ1n) is 10.7. The van der Waals surface area contributed by atoms with E-state index in [1.54, 1.807) is 25.2 Å². The first-order chi connectivity index (χ1) is 15.5. The number of hydrogen-bond acceptors (Lipinski definition) is 4. The molecule has 0 radical (unpaired) electrons. The summed E-state index contributed by atoms with van der Waals surface area (Å²) in [5, 5.41) is 12.6. The maximum Gasteiger partial charge on any atom is 0.416 e. The Kier molecular flexibility index (Phi) is 7.76. The summed E-state index contributed by atoms with van der Waals surface area (Å²) >= 11 is 0. The van der Waals surface area contributed by atoms with Crippen LogP contribution >= 0.6 is 0 Å². The SMILES string of the molecule is CC(=O)Nc1cccc(C(CN2CCC(O)C2)N(C)C(=O)Cc2cccc(C(F)(F)F)c2)c1. The van der Waals surface area contributed by atoms with Gasteiger partial charge in [0, 0.05) is 39.3 Å². The van der Waals surface area contributed by atoms with Gasteiger partial charge >= 0.3 is 6.18 Å². The molecular formula is C24H28F3N3O3. The van der Waals surface area contributed by atoms with E-state index in [1.807, 2.05) is 6.07 Å². The maximum atomic E-state index is 13.1. The van der Waals surface area contributed by atoms with E-state index in [9.17, 15) is 27.9 Å². The molecule has 0 bridgehead atoms. The van der Waals surface area contributed by atoms with E-state index < -0.39 is 23.9 Å². The molecule has 1 aliphatic rings. The molecule has 2 unspecified atom stereocenters. The Morgan fingerprint density at radius 2 is 1.94 bits per heavy atom. The summed E-state index contributed by atoms with van der Waals surface area (Å²) in [6, 6.07) is 11.5. The Hall–Kier alpha value is -2.91. The average molecular weight is 464 g/mol. The number of β-amino-alcohol motifs (C(OH)–C–C–N with tert-alkyl or cyclic N) is 1. The first kappa shape index (κ1) is 24.7. The number of likely N-dealkylation sites (N-methyl/N-ethyl adjacent to an activating group) is 1. The Bertz CT molecular complexity index is 996. The molecule has 1 heterocycles. The van der Waals surface area contributed by atoms with Crippen LogP contribution in [0.15, 0.2) is 48.5 Å². The molecule has 2 N–H and O–H groups in total. The third kappa shape index (κ3) is 6.79. The standard InChI is InChI=1S/C24H28F3N3O3/c1-16(31)28-20-8-4-6-18(13-20)22(15-30-10-9-21(32)14-30)29(2)23(33)12-17-5-3-7-19(11-17)24(25,26)27/h3-8,11,13,21-22,32H,9-10,12,14-15H2,1-2H3,(H,28,31). The van der Waals surface area contributed by atoms with E-state index in [1.165, 1.54) is 24.0 Å². The number of rotatable bonds is 7. The minimum atomic E-state index is -4.48. The fraction of sp³-hybridized carbons (Fsp3) is 0.417. The molecule has 0 saturated carbocycles. The van der Waals surface area contributed by atoms with Crippen LogP contribution in [0.1, 0.15) is 36.1 Å². The molecule has 3 rings (SSSR count). The number of benzene rings is 2. The molecule has 2 aromatic carbocycles. The van der Waals surface area contributed by atoms with Gasteiger partial charge in [-0.3, -0.25) is 14.5 Å². The van der Waals surface area contributed by atoms with Gasteiger partial charge in [0.15, 0.2) is 0 Å². The van der Waals surface area contributed by atoms with Gasteiger partial charge in [-0.05, 0) is 35.7 Å². The number of carbonyl (C=O) groups excluding carboxylic acids is 2. The summed E-state index contributed by atoms with van der Waals surface area (Å²) in [5.41, 5.74) is 0.859. The summed E-state index contributed by atoms with van der Waals surface area (Å²) in [4.78, 5) is 28.1. The molecule has 1 fully saturated rings. The smallest absolute Gasteiger partial charge is 0.392 e. The predicted octanol–water partition coefficient (Wildman–Crippen LogP) is 3.47. The van der Waals surface area contributed by atoms with Crippen LogP contribution in [-0.2, 0) is 22.2 Å². The van der Waals surface area contributed by atoms with Crippen molar-refractivity contribution in [3.8, 4) is 0 Å². The molecule has 0 aliphatic carbocycles. The lowest BCUT2D eigenvalue weighted by atomic mass is 10.0. The molecule has 178 valence electrons. The van der Waals surface area contributed by atoms with Crippen molar-refractivity contribution in [2.45, 2.75) is 38.1 Å². The highest BCUT2D eigenvalue weighted by molar-refractivity contribution is 5.88. The van der Waals surface area contributed by atoms with Gasteiger partial charge in [0.25, 0.3) is 0 Å². The minimum absolute atomic E-state index is 0.176. The van der Waals surface area contributed by atoms with Crippen LogP contribution in [0, 0.1) is 0 Å². The summed E-state index contributed by atoms with van der Waals surface area (Å²) in [6.45, 7) is 3.02. The molecule has 9 heteroatoms. The van der Waals surface area contributed by atoms with Crippen molar-refractivity contribution in [3.63, 3.8) is 0 Å². The Morgan fingerprint density at radius 3 is 2.58 bits per heavy atom. The predicted molar refractivity (Wildman–Crippen MR) is 118 cm³/mol. The second-order valence-electron chi connectivity index (χ2n) is 8.40. The number of alkyl halides is 3. The first-order valence-corrected chi connectivity index (χ1v) is 10.7. The Labute approximate surface area is 191 Å².